The van der Waals surface area contributed by atoms with Gasteiger partial charge in [0.2, 0.25) is 0 Å². The Hall–Kier alpha value is -3.08. The van der Waals surface area contributed by atoms with Crippen LogP contribution in [0.3, 0.4) is 0 Å². The number of allylic oxidation sites excluding steroid dienone is 1. The van der Waals surface area contributed by atoms with Crippen molar-refractivity contribution in [2.24, 2.45) is 5.73 Å². The van der Waals surface area contributed by atoms with Gasteiger partial charge in [0.05, 0.1) is 11.7 Å². The number of carbonyl (C=O) groups is 1. The van der Waals surface area contributed by atoms with E-state index in [1.165, 1.54) is 5.56 Å². The van der Waals surface area contributed by atoms with Gasteiger partial charge in [-0.25, -0.2) is 10.1 Å². The van der Waals surface area contributed by atoms with Crippen LogP contribution in [0.15, 0.2) is 71.9 Å². The first kappa shape index (κ1) is 19.2. The lowest BCUT2D eigenvalue weighted by atomic mass is 10.0. The number of guanidine groups is 1. The van der Waals surface area contributed by atoms with Crippen molar-refractivity contribution in [3.05, 3.63) is 83.1 Å². The number of fused-ring (bicyclic) bond motifs is 1. The zero-order valence-electron chi connectivity index (χ0n) is 16.8. The standard InChI is InChI=1S/C24H27N3O2/c1-17-22(23(28)29-16-19-10-6-3-7-11-19)21-15-14-20(27(21)24(25)26-17)13-12-18-8-4-2-5-9-18/h2-11,20-21H,12-16H2,1H3,(H2,25,26,28)/p+1/t20-,21+/m0/s1. The van der Waals surface area contributed by atoms with Gasteiger partial charge in [0.25, 0.3) is 0 Å². The Bertz CT molecular complexity index is 935. The van der Waals surface area contributed by atoms with Crippen molar-refractivity contribution in [1.82, 2.24) is 5.32 Å². The van der Waals surface area contributed by atoms with Crippen LogP contribution in [0.4, 0.5) is 0 Å². The van der Waals surface area contributed by atoms with Gasteiger partial charge in [0, 0.05) is 0 Å². The van der Waals surface area contributed by atoms with Gasteiger partial charge >= 0.3 is 11.9 Å². The molecule has 29 heavy (non-hydrogen) atoms. The summed E-state index contributed by atoms with van der Waals surface area (Å²) in [6, 6.07) is 20.6. The predicted molar refractivity (Wildman–Crippen MR) is 113 cm³/mol. The van der Waals surface area contributed by atoms with Crippen molar-refractivity contribution < 1.29 is 14.1 Å². The molecule has 0 aromatic heterocycles. The Morgan fingerprint density at radius 1 is 1.07 bits per heavy atom. The van der Waals surface area contributed by atoms with E-state index in [0.29, 0.717) is 17.6 Å². The molecule has 2 aliphatic rings. The number of carbonyl (C=O) groups excluding carboxylic acids is 1. The van der Waals surface area contributed by atoms with E-state index >= 15 is 0 Å². The summed E-state index contributed by atoms with van der Waals surface area (Å²) in [6.07, 6.45) is 3.93. The van der Waals surface area contributed by atoms with Gasteiger partial charge in [-0.3, -0.25) is 10.3 Å². The quantitative estimate of drug-likeness (QED) is 0.588. The number of ether oxygens (including phenoxy) is 1. The van der Waals surface area contributed by atoms with Gasteiger partial charge in [0.1, 0.15) is 18.2 Å². The fourth-order valence-electron chi connectivity index (χ4n) is 4.46. The highest BCUT2D eigenvalue weighted by atomic mass is 16.5. The van der Waals surface area contributed by atoms with E-state index in [9.17, 15) is 4.79 Å². The molecule has 2 atom stereocenters. The fraction of sp³-hybridized carbons (Fsp3) is 0.333. The number of nitrogens with one attached hydrogen (secondary N) is 1. The van der Waals surface area contributed by atoms with Crippen LogP contribution in [-0.4, -0.2) is 28.6 Å². The van der Waals surface area contributed by atoms with Crippen LogP contribution >= 0.6 is 0 Å². The molecule has 150 valence electrons. The molecular formula is C24H28N3O2+. The molecule has 0 saturated carbocycles. The number of hydrogen-bond acceptors (Lipinski definition) is 4. The van der Waals surface area contributed by atoms with Crippen molar-refractivity contribution in [2.75, 3.05) is 0 Å². The molecule has 0 bridgehead atoms. The molecule has 1 fully saturated rings. The number of benzene rings is 2. The molecular weight excluding hydrogens is 362 g/mol. The van der Waals surface area contributed by atoms with Crippen LogP contribution in [0, 0.1) is 0 Å². The molecule has 0 unspecified atom stereocenters. The van der Waals surface area contributed by atoms with Crippen LogP contribution in [0.25, 0.3) is 0 Å². The highest BCUT2D eigenvalue weighted by Gasteiger charge is 2.43. The van der Waals surface area contributed by atoms with E-state index in [-0.39, 0.29) is 18.6 Å². The monoisotopic (exact) mass is 390 g/mol. The fourth-order valence-corrected chi connectivity index (χ4v) is 4.46. The third-order valence-corrected chi connectivity index (χ3v) is 5.88. The minimum atomic E-state index is -0.259. The first-order valence-corrected chi connectivity index (χ1v) is 10.3. The molecule has 3 N–H and O–H groups in total. The molecule has 1 saturated heterocycles. The second kappa shape index (κ2) is 8.52. The van der Waals surface area contributed by atoms with Crippen molar-refractivity contribution in [2.45, 2.75) is 51.3 Å². The zero-order chi connectivity index (χ0) is 20.2. The number of nitrogens with zero attached hydrogens (tertiary/aromatic N) is 1. The summed E-state index contributed by atoms with van der Waals surface area (Å²) in [4.78, 5) is 12.9. The van der Waals surface area contributed by atoms with E-state index in [2.05, 4.69) is 34.2 Å². The Morgan fingerprint density at radius 3 is 2.41 bits per heavy atom. The predicted octanol–water partition coefficient (Wildman–Crippen LogP) is 3.10. The smallest absolute Gasteiger partial charge is 0.348 e. The van der Waals surface area contributed by atoms with Crippen molar-refractivity contribution >= 4 is 11.9 Å². The van der Waals surface area contributed by atoms with E-state index < -0.39 is 0 Å². The molecule has 2 aliphatic heterocycles. The molecule has 5 heteroatoms. The molecule has 0 spiro atoms. The molecule has 0 amide bonds. The lowest BCUT2D eigenvalue weighted by Gasteiger charge is -2.26. The number of esters is 1. The number of rotatable bonds is 6. The van der Waals surface area contributed by atoms with E-state index in [1.54, 1.807) is 0 Å². The molecule has 2 aromatic rings. The summed E-state index contributed by atoms with van der Waals surface area (Å²) in [5.41, 5.74) is 10.2. The van der Waals surface area contributed by atoms with Gasteiger partial charge in [-0.2, -0.15) is 0 Å². The van der Waals surface area contributed by atoms with Crippen molar-refractivity contribution in [3.8, 4) is 0 Å². The summed E-state index contributed by atoms with van der Waals surface area (Å²) in [7, 11) is 0. The average molecular weight is 391 g/mol. The number of nitrogens with two attached hydrogens (primary N) is 1. The second-order valence-corrected chi connectivity index (χ2v) is 7.79. The Kier molecular flexibility index (Phi) is 5.65. The number of aryl methyl sites for hydroxylation is 1. The molecule has 2 aromatic carbocycles. The molecule has 2 heterocycles. The summed E-state index contributed by atoms with van der Waals surface area (Å²) in [6.45, 7) is 2.18. The lowest BCUT2D eigenvalue weighted by molar-refractivity contribution is -0.574. The molecule has 0 radical (unpaired) electrons. The van der Waals surface area contributed by atoms with Gasteiger partial charge in [-0.15, -0.1) is 0 Å². The van der Waals surface area contributed by atoms with Crippen LogP contribution in [0.5, 0.6) is 0 Å². The minimum absolute atomic E-state index is 0.0136. The first-order chi connectivity index (χ1) is 14.1. The van der Waals surface area contributed by atoms with Crippen LogP contribution in [-0.2, 0) is 22.6 Å². The Morgan fingerprint density at radius 2 is 1.72 bits per heavy atom. The second-order valence-electron chi connectivity index (χ2n) is 7.79. The molecule has 4 rings (SSSR count). The summed E-state index contributed by atoms with van der Waals surface area (Å²) in [5.74, 6) is 0.382. The molecule has 0 aliphatic carbocycles. The van der Waals surface area contributed by atoms with Gasteiger partial charge in [-0.1, -0.05) is 60.7 Å². The summed E-state index contributed by atoms with van der Waals surface area (Å²) in [5, 5.41) is 3.21. The highest BCUT2D eigenvalue weighted by Crippen LogP contribution is 2.31. The lowest BCUT2D eigenvalue weighted by Crippen LogP contribution is -2.50. The van der Waals surface area contributed by atoms with Crippen molar-refractivity contribution in [3.63, 3.8) is 0 Å². The maximum absolute atomic E-state index is 12.9. The molecule has 5 nitrogen and oxygen atoms in total. The van der Waals surface area contributed by atoms with Gasteiger partial charge in [-0.05, 0) is 43.7 Å². The van der Waals surface area contributed by atoms with E-state index in [0.717, 1.165) is 36.9 Å². The van der Waals surface area contributed by atoms with Crippen LogP contribution in [0.1, 0.15) is 37.3 Å². The maximum atomic E-state index is 12.9. The van der Waals surface area contributed by atoms with Crippen LogP contribution < -0.4 is 11.1 Å². The van der Waals surface area contributed by atoms with Gasteiger partial charge in [0.15, 0.2) is 0 Å². The third kappa shape index (κ3) is 4.19. The summed E-state index contributed by atoms with van der Waals surface area (Å²) < 4.78 is 7.82. The van der Waals surface area contributed by atoms with Crippen molar-refractivity contribution in [1.29, 1.82) is 0 Å². The van der Waals surface area contributed by atoms with Gasteiger partial charge < -0.3 is 4.74 Å². The first-order valence-electron chi connectivity index (χ1n) is 10.3. The SMILES string of the molecule is CC1=C(C(=O)OCc2ccccc2)[C@H]2CC[C@H](CCc3ccccc3)[N+]2=C(N)N1. The zero-order valence-corrected chi connectivity index (χ0v) is 16.8. The minimum Gasteiger partial charge on any atom is -0.457 e. The summed E-state index contributed by atoms with van der Waals surface area (Å²) >= 11 is 0. The van der Waals surface area contributed by atoms with E-state index in [1.807, 2.05) is 43.3 Å². The third-order valence-electron chi connectivity index (χ3n) is 5.88. The Balaban J connectivity index is 1.45. The number of hydrogen-bond donors (Lipinski definition) is 2. The Labute approximate surface area is 171 Å². The topological polar surface area (TPSA) is 67.4 Å². The van der Waals surface area contributed by atoms with Crippen LogP contribution in [0.2, 0.25) is 0 Å². The average Bonchev–Trinajstić information content (AvgIpc) is 3.16. The normalized spacial score (nSPS) is 21.0. The largest absolute Gasteiger partial charge is 0.457 e. The highest BCUT2D eigenvalue weighted by molar-refractivity contribution is 5.92. The maximum Gasteiger partial charge on any atom is 0.348 e. The van der Waals surface area contributed by atoms with E-state index in [4.69, 9.17) is 10.5 Å².